The standard InChI is InChI=1S/C14H18N2O3/c15-14(19)11-8-13(18)16(9-11)7-6-12(17)10-4-2-1-3-5-10/h1-5,11-12,17H,6-9H2,(H2,15,19). The summed E-state index contributed by atoms with van der Waals surface area (Å²) in [7, 11) is 0. The Morgan fingerprint density at radius 1 is 1.42 bits per heavy atom. The lowest BCUT2D eigenvalue weighted by atomic mass is 10.1. The molecule has 1 fully saturated rings. The summed E-state index contributed by atoms with van der Waals surface area (Å²) in [5.74, 6) is -0.884. The Hall–Kier alpha value is -1.88. The van der Waals surface area contributed by atoms with Crippen molar-refractivity contribution < 1.29 is 14.7 Å². The fraction of sp³-hybridized carbons (Fsp3) is 0.429. The van der Waals surface area contributed by atoms with Crippen molar-refractivity contribution in [1.29, 1.82) is 0 Å². The van der Waals surface area contributed by atoms with Crippen LogP contribution in [0.15, 0.2) is 30.3 Å². The molecule has 5 heteroatoms. The van der Waals surface area contributed by atoms with Gasteiger partial charge in [0.2, 0.25) is 11.8 Å². The van der Waals surface area contributed by atoms with Crippen molar-refractivity contribution in [2.24, 2.45) is 11.7 Å². The molecule has 102 valence electrons. The maximum atomic E-state index is 11.7. The van der Waals surface area contributed by atoms with Crippen LogP contribution in [0.4, 0.5) is 0 Å². The summed E-state index contributed by atoms with van der Waals surface area (Å²) in [4.78, 5) is 24.3. The van der Waals surface area contributed by atoms with Crippen LogP contribution in [0.1, 0.15) is 24.5 Å². The molecular formula is C14H18N2O3. The number of nitrogens with zero attached hydrogens (tertiary/aromatic N) is 1. The molecule has 0 aromatic heterocycles. The number of aliphatic hydroxyl groups is 1. The van der Waals surface area contributed by atoms with Gasteiger partial charge in [0.05, 0.1) is 12.0 Å². The van der Waals surface area contributed by atoms with E-state index in [0.717, 1.165) is 5.56 Å². The Morgan fingerprint density at radius 3 is 2.68 bits per heavy atom. The molecule has 0 bridgehead atoms. The minimum absolute atomic E-state index is 0.0657. The van der Waals surface area contributed by atoms with E-state index >= 15 is 0 Å². The first-order valence-electron chi connectivity index (χ1n) is 6.38. The van der Waals surface area contributed by atoms with E-state index in [4.69, 9.17) is 5.73 Å². The largest absolute Gasteiger partial charge is 0.388 e. The maximum absolute atomic E-state index is 11.7. The fourth-order valence-corrected chi connectivity index (χ4v) is 2.30. The van der Waals surface area contributed by atoms with Gasteiger partial charge in [0.15, 0.2) is 0 Å². The Morgan fingerprint density at radius 2 is 2.11 bits per heavy atom. The highest BCUT2D eigenvalue weighted by atomic mass is 16.3. The average Bonchev–Trinajstić information content (AvgIpc) is 2.79. The lowest BCUT2D eigenvalue weighted by molar-refractivity contribution is -0.128. The van der Waals surface area contributed by atoms with Crippen molar-refractivity contribution in [2.45, 2.75) is 18.9 Å². The predicted octanol–water partition coefficient (Wildman–Crippen LogP) is 0.444. The van der Waals surface area contributed by atoms with E-state index in [-0.39, 0.29) is 18.2 Å². The number of carbonyl (C=O) groups excluding carboxylic acids is 2. The summed E-state index contributed by atoms with van der Waals surface area (Å²) in [5, 5.41) is 10.0. The average molecular weight is 262 g/mol. The highest BCUT2D eigenvalue weighted by molar-refractivity contribution is 5.88. The van der Waals surface area contributed by atoms with Gasteiger partial charge in [0.1, 0.15) is 0 Å². The number of likely N-dealkylation sites (tertiary alicyclic amines) is 1. The van der Waals surface area contributed by atoms with Crippen LogP contribution in [0.5, 0.6) is 0 Å². The van der Waals surface area contributed by atoms with Crippen LogP contribution >= 0.6 is 0 Å². The number of rotatable bonds is 5. The number of carbonyl (C=O) groups is 2. The van der Waals surface area contributed by atoms with Gasteiger partial charge in [-0.3, -0.25) is 9.59 Å². The second kappa shape index (κ2) is 5.84. The highest BCUT2D eigenvalue weighted by Crippen LogP contribution is 2.21. The van der Waals surface area contributed by atoms with Crippen molar-refractivity contribution >= 4 is 11.8 Å². The molecule has 1 saturated heterocycles. The van der Waals surface area contributed by atoms with Gasteiger partial charge in [-0.05, 0) is 12.0 Å². The lowest BCUT2D eigenvalue weighted by Crippen LogP contribution is -2.30. The van der Waals surface area contributed by atoms with Crippen LogP contribution in [-0.2, 0) is 9.59 Å². The van der Waals surface area contributed by atoms with Gasteiger partial charge in [-0.2, -0.15) is 0 Å². The minimum Gasteiger partial charge on any atom is -0.388 e. The van der Waals surface area contributed by atoms with Crippen molar-refractivity contribution in [2.75, 3.05) is 13.1 Å². The number of aliphatic hydroxyl groups excluding tert-OH is 1. The molecule has 1 aromatic carbocycles. The molecule has 1 heterocycles. The first-order chi connectivity index (χ1) is 9.08. The summed E-state index contributed by atoms with van der Waals surface area (Å²) in [6.45, 7) is 0.814. The van der Waals surface area contributed by atoms with Crippen molar-refractivity contribution in [3.05, 3.63) is 35.9 Å². The van der Waals surface area contributed by atoms with E-state index in [1.54, 1.807) is 4.90 Å². The van der Waals surface area contributed by atoms with E-state index in [1.165, 1.54) is 0 Å². The molecule has 3 N–H and O–H groups in total. The van der Waals surface area contributed by atoms with Gasteiger partial charge in [0, 0.05) is 19.5 Å². The maximum Gasteiger partial charge on any atom is 0.223 e. The Bertz CT molecular complexity index is 461. The summed E-state index contributed by atoms with van der Waals surface area (Å²) in [6.07, 6.45) is 0.0551. The second-order valence-electron chi connectivity index (χ2n) is 4.86. The molecule has 2 amide bonds. The summed E-state index contributed by atoms with van der Waals surface area (Å²) in [6, 6.07) is 9.31. The van der Waals surface area contributed by atoms with Crippen LogP contribution in [0, 0.1) is 5.92 Å². The minimum atomic E-state index is -0.596. The molecule has 0 saturated carbocycles. The van der Waals surface area contributed by atoms with Gasteiger partial charge < -0.3 is 15.7 Å². The zero-order valence-corrected chi connectivity index (χ0v) is 10.7. The van der Waals surface area contributed by atoms with E-state index in [9.17, 15) is 14.7 Å². The van der Waals surface area contributed by atoms with Crippen LogP contribution in [0.3, 0.4) is 0 Å². The van der Waals surface area contributed by atoms with E-state index in [0.29, 0.717) is 19.5 Å². The molecule has 1 aliphatic heterocycles. The number of nitrogens with two attached hydrogens (primary N) is 1. The first-order valence-corrected chi connectivity index (χ1v) is 6.38. The normalized spacial score (nSPS) is 20.6. The molecule has 19 heavy (non-hydrogen) atoms. The summed E-state index contributed by atoms with van der Waals surface area (Å²) < 4.78 is 0. The third-order valence-corrected chi connectivity index (χ3v) is 3.47. The second-order valence-corrected chi connectivity index (χ2v) is 4.86. The smallest absolute Gasteiger partial charge is 0.223 e. The zero-order chi connectivity index (χ0) is 13.8. The lowest BCUT2D eigenvalue weighted by Gasteiger charge is -2.18. The third-order valence-electron chi connectivity index (χ3n) is 3.47. The predicted molar refractivity (Wildman–Crippen MR) is 69.9 cm³/mol. The van der Waals surface area contributed by atoms with Gasteiger partial charge in [-0.15, -0.1) is 0 Å². The third kappa shape index (κ3) is 3.32. The monoisotopic (exact) mass is 262 g/mol. The molecule has 5 nitrogen and oxygen atoms in total. The van der Waals surface area contributed by atoms with Gasteiger partial charge >= 0.3 is 0 Å². The molecule has 2 unspecified atom stereocenters. The van der Waals surface area contributed by atoms with Crippen molar-refractivity contribution in [3.8, 4) is 0 Å². The highest BCUT2D eigenvalue weighted by Gasteiger charge is 2.32. The Balaban J connectivity index is 1.86. The van der Waals surface area contributed by atoms with Crippen LogP contribution in [0.25, 0.3) is 0 Å². The molecule has 1 aromatic rings. The number of primary amides is 1. The van der Waals surface area contributed by atoms with Crippen LogP contribution < -0.4 is 5.73 Å². The molecular weight excluding hydrogens is 244 g/mol. The summed E-state index contributed by atoms with van der Waals surface area (Å²) >= 11 is 0. The van der Waals surface area contributed by atoms with E-state index < -0.39 is 12.0 Å². The number of hydrogen-bond donors (Lipinski definition) is 2. The summed E-state index contributed by atoms with van der Waals surface area (Å²) in [5.41, 5.74) is 6.04. The first kappa shape index (κ1) is 13.5. The Labute approximate surface area is 112 Å². The molecule has 1 aliphatic rings. The van der Waals surface area contributed by atoms with Gasteiger partial charge in [0.25, 0.3) is 0 Å². The topological polar surface area (TPSA) is 83.6 Å². The quantitative estimate of drug-likeness (QED) is 0.807. The molecule has 0 radical (unpaired) electrons. The van der Waals surface area contributed by atoms with Crippen molar-refractivity contribution in [1.82, 2.24) is 4.90 Å². The molecule has 2 rings (SSSR count). The van der Waals surface area contributed by atoms with Crippen molar-refractivity contribution in [3.63, 3.8) is 0 Å². The van der Waals surface area contributed by atoms with Crippen LogP contribution in [-0.4, -0.2) is 34.9 Å². The number of benzene rings is 1. The molecule has 0 aliphatic carbocycles. The van der Waals surface area contributed by atoms with E-state index in [1.807, 2.05) is 30.3 Å². The Kier molecular flexibility index (Phi) is 4.16. The van der Waals surface area contributed by atoms with E-state index in [2.05, 4.69) is 0 Å². The number of amides is 2. The fourth-order valence-electron chi connectivity index (χ4n) is 2.30. The zero-order valence-electron chi connectivity index (χ0n) is 10.7. The van der Waals surface area contributed by atoms with Gasteiger partial charge in [-0.25, -0.2) is 0 Å². The van der Waals surface area contributed by atoms with Gasteiger partial charge in [-0.1, -0.05) is 30.3 Å². The molecule has 0 spiro atoms. The number of hydrogen-bond acceptors (Lipinski definition) is 3. The SMILES string of the molecule is NC(=O)C1CC(=O)N(CCC(O)c2ccccc2)C1. The van der Waals surface area contributed by atoms with Crippen LogP contribution in [0.2, 0.25) is 0 Å². The molecule has 2 atom stereocenters.